The average Bonchev–Trinajstić information content (AvgIpc) is 2.98. The maximum atomic E-state index is 5.01. The molecule has 20 heavy (non-hydrogen) atoms. The number of hydrogen-bond acceptors (Lipinski definition) is 4. The number of thiazole rings is 1. The Hall–Kier alpha value is -0.450. The second-order valence-electron chi connectivity index (χ2n) is 6.27. The van der Waals surface area contributed by atoms with Gasteiger partial charge in [-0.05, 0) is 65.1 Å². The first kappa shape index (κ1) is 14.5. The molecule has 1 aromatic rings. The number of nitrogens with zero attached hydrogens (tertiary/aromatic N) is 2. The number of hydrogen-bond donors (Lipinski definition) is 1. The van der Waals surface area contributed by atoms with E-state index < -0.39 is 0 Å². The smallest absolute Gasteiger partial charge is 0.113 e. The van der Waals surface area contributed by atoms with Crippen LogP contribution in [0.25, 0.3) is 0 Å². The van der Waals surface area contributed by atoms with Crippen LogP contribution in [-0.2, 0) is 18.4 Å². The van der Waals surface area contributed by atoms with Gasteiger partial charge in [0.05, 0.1) is 11.2 Å². The summed E-state index contributed by atoms with van der Waals surface area (Å²) in [5.74, 6) is 0. The van der Waals surface area contributed by atoms with Crippen molar-refractivity contribution in [1.29, 1.82) is 0 Å². The van der Waals surface area contributed by atoms with Gasteiger partial charge in [0.15, 0.2) is 0 Å². The molecule has 3 rings (SSSR count). The van der Waals surface area contributed by atoms with Crippen molar-refractivity contribution in [1.82, 2.24) is 15.2 Å². The Morgan fingerprint density at radius 3 is 2.90 bits per heavy atom. The summed E-state index contributed by atoms with van der Waals surface area (Å²) in [5.41, 5.74) is 1.53. The number of fused-ring (bicyclic) bond motifs is 1. The van der Waals surface area contributed by atoms with E-state index in [1.165, 1.54) is 75.3 Å². The van der Waals surface area contributed by atoms with E-state index in [-0.39, 0.29) is 5.54 Å². The standard InChI is InChI=1S/C16H27N3S/c1-3-10-19-11-5-8-16(17-2,9-12-19)15-18-13-6-4-7-14(13)20-15/h17H,3-12H2,1-2H3. The first-order valence-electron chi connectivity index (χ1n) is 8.18. The van der Waals surface area contributed by atoms with Gasteiger partial charge in [0.2, 0.25) is 0 Å². The Bertz CT molecular complexity index is 435. The lowest BCUT2D eigenvalue weighted by Crippen LogP contribution is -2.41. The fourth-order valence-corrected chi connectivity index (χ4v) is 5.10. The molecule has 112 valence electrons. The molecule has 1 fully saturated rings. The van der Waals surface area contributed by atoms with E-state index in [0.29, 0.717) is 0 Å². The van der Waals surface area contributed by atoms with Gasteiger partial charge in [-0.2, -0.15) is 0 Å². The molecular weight excluding hydrogens is 266 g/mol. The molecule has 1 atom stereocenters. The van der Waals surface area contributed by atoms with Crippen molar-refractivity contribution >= 4 is 11.3 Å². The van der Waals surface area contributed by atoms with Crippen molar-refractivity contribution in [3.05, 3.63) is 15.6 Å². The fraction of sp³-hybridized carbons (Fsp3) is 0.812. The molecule has 4 heteroatoms. The van der Waals surface area contributed by atoms with Crippen molar-refractivity contribution in [2.45, 2.75) is 57.4 Å². The molecule has 1 aromatic heterocycles. The zero-order chi connectivity index (χ0) is 14.0. The van der Waals surface area contributed by atoms with E-state index >= 15 is 0 Å². The van der Waals surface area contributed by atoms with Crippen LogP contribution in [0.15, 0.2) is 0 Å². The minimum absolute atomic E-state index is 0.136. The molecule has 1 aliphatic carbocycles. The highest BCUT2D eigenvalue weighted by Gasteiger charge is 2.36. The number of aryl methyl sites for hydroxylation is 2. The van der Waals surface area contributed by atoms with Crippen LogP contribution in [0.4, 0.5) is 0 Å². The number of nitrogens with one attached hydrogen (secondary N) is 1. The fourth-order valence-electron chi connectivity index (χ4n) is 3.70. The van der Waals surface area contributed by atoms with Gasteiger partial charge in [-0.25, -0.2) is 4.98 Å². The van der Waals surface area contributed by atoms with Crippen molar-refractivity contribution < 1.29 is 0 Å². The van der Waals surface area contributed by atoms with Crippen LogP contribution in [0.3, 0.4) is 0 Å². The molecule has 1 N–H and O–H groups in total. The quantitative estimate of drug-likeness (QED) is 0.925. The topological polar surface area (TPSA) is 28.2 Å². The highest BCUT2D eigenvalue weighted by Crippen LogP contribution is 2.38. The van der Waals surface area contributed by atoms with Crippen molar-refractivity contribution in [3.8, 4) is 0 Å². The maximum absolute atomic E-state index is 5.01. The van der Waals surface area contributed by atoms with Gasteiger partial charge in [-0.3, -0.25) is 0 Å². The summed E-state index contributed by atoms with van der Waals surface area (Å²) in [5, 5.41) is 5.01. The third-order valence-corrected chi connectivity index (χ3v) is 6.32. The van der Waals surface area contributed by atoms with Gasteiger partial charge in [-0.1, -0.05) is 6.92 Å². The lowest BCUT2D eigenvalue weighted by molar-refractivity contribution is 0.264. The minimum atomic E-state index is 0.136. The van der Waals surface area contributed by atoms with Crippen LogP contribution in [0.1, 0.15) is 54.6 Å². The van der Waals surface area contributed by atoms with Crippen molar-refractivity contribution in [2.24, 2.45) is 0 Å². The molecule has 0 amide bonds. The second-order valence-corrected chi connectivity index (χ2v) is 7.35. The van der Waals surface area contributed by atoms with E-state index in [0.717, 1.165) is 0 Å². The SMILES string of the molecule is CCCN1CCCC(NC)(c2nc3c(s2)CCC3)CC1. The van der Waals surface area contributed by atoms with Crippen molar-refractivity contribution in [2.75, 3.05) is 26.7 Å². The molecular formula is C16H27N3S. The third kappa shape index (κ3) is 2.66. The van der Waals surface area contributed by atoms with Crippen LogP contribution < -0.4 is 5.32 Å². The van der Waals surface area contributed by atoms with Crippen LogP contribution in [0.2, 0.25) is 0 Å². The highest BCUT2D eigenvalue weighted by molar-refractivity contribution is 7.12. The summed E-state index contributed by atoms with van der Waals surface area (Å²) in [6, 6.07) is 0. The summed E-state index contributed by atoms with van der Waals surface area (Å²) in [6.07, 6.45) is 8.75. The number of rotatable bonds is 4. The molecule has 1 saturated heterocycles. The molecule has 1 aliphatic heterocycles. The van der Waals surface area contributed by atoms with Gasteiger partial charge >= 0.3 is 0 Å². The Labute approximate surface area is 126 Å². The molecule has 2 heterocycles. The van der Waals surface area contributed by atoms with E-state index in [4.69, 9.17) is 4.98 Å². The first-order valence-corrected chi connectivity index (χ1v) is 8.99. The Kier molecular flexibility index (Phi) is 4.43. The first-order chi connectivity index (χ1) is 9.77. The summed E-state index contributed by atoms with van der Waals surface area (Å²) in [6.45, 7) is 5.98. The number of aromatic nitrogens is 1. The van der Waals surface area contributed by atoms with Crippen LogP contribution in [0.5, 0.6) is 0 Å². The third-order valence-electron chi connectivity index (χ3n) is 4.96. The maximum Gasteiger partial charge on any atom is 0.113 e. The Morgan fingerprint density at radius 2 is 2.15 bits per heavy atom. The van der Waals surface area contributed by atoms with E-state index in [1.54, 1.807) is 4.88 Å². The predicted octanol–water partition coefficient (Wildman–Crippen LogP) is 2.94. The molecule has 0 bridgehead atoms. The van der Waals surface area contributed by atoms with Crippen molar-refractivity contribution in [3.63, 3.8) is 0 Å². The van der Waals surface area contributed by atoms with Crippen LogP contribution in [0, 0.1) is 0 Å². The molecule has 2 aliphatic rings. The molecule has 0 radical (unpaired) electrons. The summed E-state index contributed by atoms with van der Waals surface area (Å²) < 4.78 is 0. The second kappa shape index (κ2) is 6.12. The summed E-state index contributed by atoms with van der Waals surface area (Å²) in [4.78, 5) is 9.19. The normalized spacial score (nSPS) is 27.5. The van der Waals surface area contributed by atoms with Gasteiger partial charge in [0.1, 0.15) is 5.01 Å². The lowest BCUT2D eigenvalue weighted by atomic mass is 9.91. The summed E-state index contributed by atoms with van der Waals surface area (Å²) >= 11 is 1.98. The zero-order valence-corrected chi connectivity index (χ0v) is 13.7. The van der Waals surface area contributed by atoms with Gasteiger partial charge in [0.25, 0.3) is 0 Å². The zero-order valence-electron chi connectivity index (χ0n) is 12.9. The Morgan fingerprint density at radius 1 is 1.25 bits per heavy atom. The molecule has 0 spiro atoms. The van der Waals surface area contributed by atoms with E-state index in [1.807, 2.05) is 11.3 Å². The predicted molar refractivity (Wildman–Crippen MR) is 85.5 cm³/mol. The van der Waals surface area contributed by atoms with Gasteiger partial charge in [0, 0.05) is 11.4 Å². The monoisotopic (exact) mass is 293 g/mol. The van der Waals surface area contributed by atoms with Crippen LogP contribution in [-0.4, -0.2) is 36.6 Å². The molecule has 0 aromatic carbocycles. The summed E-state index contributed by atoms with van der Waals surface area (Å²) in [7, 11) is 2.13. The number of likely N-dealkylation sites (tertiary alicyclic amines) is 1. The van der Waals surface area contributed by atoms with Gasteiger partial charge in [-0.15, -0.1) is 11.3 Å². The highest BCUT2D eigenvalue weighted by atomic mass is 32.1. The van der Waals surface area contributed by atoms with Crippen LogP contribution >= 0.6 is 11.3 Å². The van der Waals surface area contributed by atoms with E-state index in [9.17, 15) is 0 Å². The molecule has 0 saturated carbocycles. The van der Waals surface area contributed by atoms with E-state index in [2.05, 4.69) is 24.2 Å². The molecule has 3 nitrogen and oxygen atoms in total. The molecule has 1 unspecified atom stereocenters. The largest absolute Gasteiger partial charge is 0.308 e. The lowest BCUT2D eigenvalue weighted by Gasteiger charge is -2.30. The minimum Gasteiger partial charge on any atom is -0.308 e. The average molecular weight is 293 g/mol. The Balaban J connectivity index is 1.79. The van der Waals surface area contributed by atoms with Gasteiger partial charge < -0.3 is 10.2 Å².